The highest BCUT2D eigenvalue weighted by atomic mass is 16.6. The van der Waals surface area contributed by atoms with Gasteiger partial charge in [0.25, 0.3) is 0 Å². The monoisotopic (exact) mass is 372 g/mol. The third-order valence-corrected chi connectivity index (χ3v) is 5.42. The minimum Gasteiger partial charge on any atom is -0.482 e. The Hall–Kier alpha value is -2.37. The van der Waals surface area contributed by atoms with Crippen LogP contribution in [-0.2, 0) is 9.47 Å². The lowest BCUT2D eigenvalue weighted by atomic mass is 9.96. The molecule has 1 aliphatic carbocycles. The predicted octanol–water partition coefficient (Wildman–Crippen LogP) is 1.50. The van der Waals surface area contributed by atoms with Crippen LogP contribution in [0.25, 0.3) is 0 Å². The van der Waals surface area contributed by atoms with Gasteiger partial charge in [0.2, 0.25) is 0 Å². The third kappa shape index (κ3) is 3.99. The molecule has 0 unspecified atom stereocenters. The van der Waals surface area contributed by atoms with Gasteiger partial charge in [-0.3, -0.25) is 0 Å². The average Bonchev–Trinajstić information content (AvgIpc) is 3.27. The molecule has 0 bridgehead atoms. The number of ether oxygens (including phenoxy) is 3. The Morgan fingerprint density at radius 2 is 2.00 bits per heavy atom. The molecule has 4 rings (SSSR count). The Morgan fingerprint density at radius 1 is 1.19 bits per heavy atom. The van der Waals surface area contributed by atoms with E-state index in [4.69, 9.17) is 19.5 Å². The molecule has 2 amide bonds. The number of aromatic nitrogens is 1. The quantitative estimate of drug-likeness (QED) is 0.830. The Labute approximate surface area is 158 Å². The summed E-state index contributed by atoms with van der Waals surface area (Å²) >= 11 is 0. The van der Waals surface area contributed by atoms with E-state index in [-0.39, 0.29) is 42.1 Å². The Balaban J connectivity index is 1.32. The zero-order chi connectivity index (χ0) is 18.6. The summed E-state index contributed by atoms with van der Waals surface area (Å²) in [5, 5.41) is 15.2. The zero-order valence-corrected chi connectivity index (χ0v) is 15.1. The number of hydrogen-bond acceptors (Lipinski definition) is 6. The lowest BCUT2D eigenvalue weighted by Crippen LogP contribution is -2.51. The molecule has 144 valence electrons. The molecule has 1 aromatic rings. The first-order valence-electron chi connectivity index (χ1n) is 9.56. The summed E-state index contributed by atoms with van der Waals surface area (Å²) in [6.45, 7) is 0.725. The number of nitriles is 1. The molecule has 3 heterocycles. The molecule has 3 aliphatic rings. The van der Waals surface area contributed by atoms with Gasteiger partial charge in [-0.05, 0) is 25.0 Å². The van der Waals surface area contributed by atoms with E-state index in [1.165, 1.54) is 19.3 Å². The molecule has 3 fully saturated rings. The Morgan fingerprint density at radius 3 is 2.81 bits per heavy atom. The Bertz CT molecular complexity index is 716. The summed E-state index contributed by atoms with van der Waals surface area (Å²) in [4.78, 5) is 16.3. The highest BCUT2D eigenvalue weighted by Gasteiger charge is 2.49. The van der Waals surface area contributed by atoms with Crippen LogP contribution in [0.3, 0.4) is 0 Å². The average molecular weight is 372 g/mol. The van der Waals surface area contributed by atoms with Gasteiger partial charge in [0, 0.05) is 12.2 Å². The summed E-state index contributed by atoms with van der Waals surface area (Å²) in [5.41, 5.74) is 0.237. The van der Waals surface area contributed by atoms with E-state index < -0.39 is 0 Å². The lowest BCUT2D eigenvalue weighted by Gasteiger charge is -2.24. The topological polar surface area (TPSA) is 106 Å². The molecule has 0 radical (unpaired) electrons. The molecule has 0 spiro atoms. The molecule has 2 aliphatic heterocycles. The van der Waals surface area contributed by atoms with Crippen molar-refractivity contribution in [2.75, 3.05) is 13.2 Å². The van der Waals surface area contributed by atoms with Gasteiger partial charge >= 0.3 is 6.03 Å². The van der Waals surface area contributed by atoms with Crippen LogP contribution in [0.2, 0.25) is 0 Å². The number of amides is 2. The number of carbonyl (C=O) groups is 1. The number of hydrogen-bond donors (Lipinski definition) is 2. The molecule has 2 N–H and O–H groups in total. The van der Waals surface area contributed by atoms with Gasteiger partial charge in [-0.25, -0.2) is 9.78 Å². The van der Waals surface area contributed by atoms with Gasteiger partial charge in [-0.15, -0.1) is 0 Å². The second kappa shape index (κ2) is 8.11. The van der Waals surface area contributed by atoms with Gasteiger partial charge in [-0.2, -0.15) is 5.26 Å². The fourth-order valence-corrected chi connectivity index (χ4v) is 4.06. The summed E-state index contributed by atoms with van der Waals surface area (Å²) in [7, 11) is 0. The summed E-state index contributed by atoms with van der Waals surface area (Å²) in [5.74, 6) is 0.421. The molecule has 2 saturated heterocycles. The number of urea groups is 1. The number of fused-ring (bicyclic) bond motifs is 1. The SMILES string of the molecule is N#Cc1ncccc1O[C@H]1CO[C@H]2[C@@H]1OC[C@@H]2NC(=O)NC1CCCCC1. The van der Waals surface area contributed by atoms with Crippen molar-refractivity contribution in [2.45, 2.75) is 62.5 Å². The van der Waals surface area contributed by atoms with Gasteiger partial charge in [0.05, 0.1) is 19.3 Å². The van der Waals surface area contributed by atoms with Gasteiger partial charge in [0.1, 0.15) is 18.3 Å². The van der Waals surface area contributed by atoms with Crippen molar-refractivity contribution in [3.8, 4) is 11.8 Å². The van der Waals surface area contributed by atoms with Crippen LogP contribution >= 0.6 is 0 Å². The van der Waals surface area contributed by atoms with Crippen molar-refractivity contribution in [3.63, 3.8) is 0 Å². The zero-order valence-electron chi connectivity index (χ0n) is 15.1. The van der Waals surface area contributed by atoms with Gasteiger partial charge in [0.15, 0.2) is 17.5 Å². The Kier molecular flexibility index (Phi) is 5.41. The third-order valence-electron chi connectivity index (χ3n) is 5.42. The second-order valence-corrected chi connectivity index (χ2v) is 7.27. The van der Waals surface area contributed by atoms with Gasteiger partial charge < -0.3 is 24.8 Å². The fourth-order valence-electron chi connectivity index (χ4n) is 4.06. The molecular formula is C19H24N4O4. The highest BCUT2D eigenvalue weighted by Crippen LogP contribution is 2.30. The maximum Gasteiger partial charge on any atom is 0.315 e. The smallest absolute Gasteiger partial charge is 0.315 e. The molecule has 4 atom stereocenters. The fraction of sp³-hybridized carbons (Fsp3) is 0.632. The van der Waals surface area contributed by atoms with Crippen molar-refractivity contribution in [1.82, 2.24) is 15.6 Å². The minimum absolute atomic E-state index is 0.164. The summed E-state index contributed by atoms with van der Waals surface area (Å²) < 4.78 is 17.6. The summed E-state index contributed by atoms with van der Waals surface area (Å²) in [6.07, 6.45) is 6.35. The maximum absolute atomic E-state index is 12.3. The summed E-state index contributed by atoms with van der Waals surface area (Å²) in [6, 6.07) is 5.33. The van der Waals surface area contributed by atoms with E-state index in [0.717, 1.165) is 12.8 Å². The number of rotatable bonds is 4. The van der Waals surface area contributed by atoms with Crippen molar-refractivity contribution in [2.24, 2.45) is 0 Å². The largest absolute Gasteiger partial charge is 0.482 e. The standard InChI is InChI=1S/C19H24N4O4/c20-9-13-15(7-4-8-21-13)27-16-11-26-17-14(10-25-18(16)17)23-19(24)22-12-5-2-1-3-6-12/h4,7-8,12,14,16-18H,1-3,5-6,10-11H2,(H2,22,23,24)/t14-,16-,17+,18+/m0/s1. The van der Waals surface area contributed by atoms with E-state index in [9.17, 15) is 4.79 Å². The van der Waals surface area contributed by atoms with Gasteiger partial charge in [-0.1, -0.05) is 19.3 Å². The molecule has 8 heteroatoms. The predicted molar refractivity (Wildman–Crippen MR) is 95.2 cm³/mol. The van der Waals surface area contributed by atoms with E-state index in [1.807, 2.05) is 6.07 Å². The van der Waals surface area contributed by atoms with Crippen LogP contribution in [0.15, 0.2) is 18.3 Å². The number of carbonyl (C=O) groups excluding carboxylic acids is 1. The van der Waals surface area contributed by atoms with Crippen molar-refractivity contribution in [3.05, 3.63) is 24.0 Å². The van der Waals surface area contributed by atoms with Crippen LogP contribution in [0.4, 0.5) is 4.79 Å². The number of nitrogens with zero attached hydrogens (tertiary/aromatic N) is 2. The maximum atomic E-state index is 12.3. The first-order chi connectivity index (χ1) is 13.2. The number of nitrogens with one attached hydrogen (secondary N) is 2. The number of pyridine rings is 1. The van der Waals surface area contributed by atoms with Crippen LogP contribution in [0.1, 0.15) is 37.8 Å². The van der Waals surface area contributed by atoms with E-state index in [1.54, 1.807) is 18.3 Å². The molecule has 8 nitrogen and oxygen atoms in total. The van der Waals surface area contributed by atoms with E-state index >= 15 is 0 Å². The molecule has 27 heavy (non-hydrogen) atoms. The van der Waals surface area contributed by atoms with Crippen LogP contribution in [0, 0.1) is 11.3 Å². The van der Waals surface area contributed by atoms with Crippen molar-refractivity contribution >= 4 is 6.03 Å². The molecular weight excluding hydrogens is 348 g/mol. The first kappa shape index (κ1) is 18.0. The van der Waals surface area contributed by atoms with Crippen molar-refractivity contribution in [1.29, 1.82) is 5.26 Å². The van der Waals surface area contributed by atoms with E-state index in [2.05, 4.69) is 15.6 Å². The van der Waals surface area contributed by atoms with E-state index in [0.29, 0.717) is 19.0 Å². The minimum atomic E-state index is -0.334. The lowest BCUT2D eigenvalue weighted by molar-refractivity contribution is 0.0301. The normalized spacial score (nSPS) is 30.3. The molecule has 1 aromatic heterocycles. The first-order valence-corrected chi connectivity index (χ1v) is 9.56. The second-order valence-electron chi connectivity index (χ2n) is 7.27. The van der Waals surface area contributed by atoms with Crippen LogP contribution in [-0.4, -0.2) is 54.6 Å². The van der Waals surface area contributed by atoms with Crippen molar-refractivity contribution < 1.29 is 19.0 Å². The van der Waals surface area contributed by atoms with Crippen LogP contribution in [0.5, 0.6) is 5.75 Å². The highest BCUT2D eigenvalue weighted by molar-refractivity contribution is 5.74. The molecule has 1 saturated carbocycles. The van der Waals surface area contributed by atoms with Crippen LogP contribution < -0.4 is 15.4 Å². The molecule has 0 aromatic carbocycles.